The molecular formula is C15H13NO2. The molecule has 1 unspecified atom stereocenters. The van der Waals surface area contributed by atoms with Crippen molar-refractivity contribution in [3.63, 3.8) is 0 Å². The third-order valence-corrected chi connectivity index (χ3v) is 4.31. The van der Waals surface area contributed by atoms with Gasteiger partial charge in [0.1, 0.15) is 0 Å². The second-order valence-electron chi connectivity index (χ2n) is 5.21. The molecule has 2 aromatic rings. The van der Waals surface area contributed by atoms with E-state index in [2.05, 4.69) is 0 Å². The lowest BCUT2D eigenvalue weighted by molar-refractivity contribution is 0.0968. The first kappa shape index (κ1) is 10.1. The van der Waals surface area contributed by atoms with E-state index in [-0.39, 0.29) is 11.3 Å². The molecule has 3 heteroatoms. The van der Waals surface area contributed by atoms with Gasteiger partial charge in [0, 0.05) is 35.5 Å². The molecule has 90 valence electrons. The third kappa shape index (κ3) is 1.09. The highest BCUT2D eigenvalue weighted by atomic mass is 16.1. The van der Waals surface area contributed by atoms with Crippen LogP contribution in [0.5, 0.6) is 0 Å². The minimum absolute atomic E-state index is 0.0709. The quantitative estimate of drug-likeness (QED) is 0.708. The van der Waals surface area contributed by atoms with Gasteiger partial charge >= 0.3 is 0 Å². The monoisotopic (exact) mass is 239 g/mol. The summed E-state index contributed by atoms with van der Waals surface area (Å²) in [7, 11) is 0. The largest absolute Gasteiger partial charge is 0.311 e. The number of pyridine rings is 1. The Labute approximate surface area is 104 Å². The molecule has 0 radical (unpaired) electrons. The van der Waals surface area contributed by atoms with Crippen LogP contribution in [0.4, 0.5) is 0 Å². The SMILES string of the molecule is O=C1CCC2CCn3c2c1c1ccccc1c3=O. The lowest BCUT2D eigenvalue weighted by atomic mass is 9.84. The highest BCUT2D eigenvalue weighted by Gasteiger charge is 2.34. The maximum absolute atomic E-state index is 12.4. The van der Waals surface area contributed by atoms with Gasteiger partial charge in [-0.1, -0.05) is 18.2 Å². The Bertz CT molecular complexity index is 742. The Morgan fingerprint density at radius 3 is 2.67 bits per heavy atom. The molecule has 0 saturated heterocycles. The van der Waals surface area contributed by atoms with Crippen LogP contribution in [0, 0.1) is 0 Å². The summed E-state index contributed by atoms with van der Waals surface area (Å²) in [6.07, 6.45) is 2.54. The van der Waals surface area contributed by atoms with Gasteiger partial charge < -0.3 is 4.57 Å². The standard InChI is InChI=1S/C15H13NO2/c17-12-6-5-9-7-8-16-14(9)13(12)10-3-1-2-4-11(10)15(16)18/h1-4,9H,5-8H2. The van der Waals surface area contributed by atoms with E-state index in [0.29, 0.717) is 17.7 Å². The van der Waals surface area contributed by atoms with Crippen molar-refractivity contribution in [2.75, 3.05) is 0 Å². The molecule has 2 aliphatic rings. The van der Waals surface area contributed by atoms with Gasteiger partial charge in [0.2, 0.25) is 0 Å². The number of hydrogen-bond donors (Lipinski definition) is 0. The maximum Gasteiger partial charge on any atom is 0.258 e. The number of benzene rings is 1. The van der Waals surface area contributed by atoms with Gasteiger partial charge in [-0.05, 0) is 24.3 Å². The van der Waals surface area contributed by atoms with Crippen molar-refractivity contribution in [1.82, 2.24) is 4.57 Å². The molecule has 0 N–H and O–H groups in total. The van der Waals surface area contributed by atoms with E-state index in [0.717, 1.165) is 36.0 Å². The number of carbonyl (C=O) groups excluding carboxylic acids is 1. The van der Waals surface area contributed by atoms with Crippen LogP contribution in [0.3, 0.4) is 0 Å². The molecule has 3 nitrogen and oxygen atoms in total. The first-order valence-corrected chi connectivity index (χ1v) is 6.46. The topological polar surface area (TPSA) is 39.1 Å². The van der Waals surface area contributed by atoms with Gasteiger partial charge in [0.25, 0.3) is 5.56 Å². The molecule has 0 bridgehead atoms. The second-order valence-corrected chi connectivity index (χ2v) is 5.21. The summed E-state index contributed by atoms with van der Waals surface area (Å²) in [5, 5.41) is 1.54. The van der Waals surface area contributed by atoms with Gasteiger partial charge in [-0.25, -0.2) is 0 Å². The van der Waals surface area contributed by atoms with Crippen LogP contribution in [0.15, 0.2) is 29.1 Å². The van der Waals surface area contributed by atoms with Crippen LogP contribution in [-0.4, -0.2) is 10.4 Å². The molecule has 2 heterocycles. The molecule has 18 heavy (non-hydrogen) atoms. The van der Waals surface area contributed by atoms with Crippen molar-refractivity contribution in [3.8, 4) is 0 Å². The van der Waals surface area contributed by atoms with Crippen LogP contribution in [-0.2, 0) is 6.54 Å². The smallest absolute Gasteiger partial charge is 0.258 e. The first-order valence-electron chi connectivity index (χ1n) is 6.46. The summed E-state index contributed by atoms with van der Waals surface area (Å²) < 4.78 is 1.83. The summed E-state index contributed by atoms with van der Waals surface area (Å²) in [6, 6.07) is 7.51. The van der Waals surface area contributed by atoms with E-state index < -0.39 is 0 Å². The van der Waals surface area contributed by atoms with E-state index >= 15 is 0 Å². The number of carbonyl (C=O) groups is 1. The summed E-state index contributed by atoms with van der Waals surface area (Å²) in [5.74, 6) is 0.614. The first-order chi connectivity index (χ1) is 8.77. The molecule has 0 spiro atoms. The van der Waals surface area contributed by atoms with Crippen molar-refractivity contribution < 1.29 is 4.79 Å². The van der Waals surface area contributed by atoms with Crippen molar-refractivity contribution in [2.24, 2.45) is 0 Å². The van der Waals surface area contributed by atoms with Crippen LogP contribution >= 0.6 is 0 Å². The van der Waals surface area contributed by atoms with Crippen LogP contribution in [0.25, 0.3) is 10.8 Å². The summed E-state index contributed by atoms with van der Waals surface area (Å²) in [5.41, 5.74) is 1.90. The number of ketones is 1. The number of Topliss-reactive ketones (excluding diaryl/α,β-unsaturated/α-hetero) is 1. The number of fused-ring (bicyclic) bond motifs is 2. The Morgan fingerprint density at radius 1 is 1.06 bits per heavy atom. The molecule has 0 fully saturated rings. The average molecular weight is 239 g/mol. The predicted molar refractivity (Wildman–Crippen MR) is 69.1 cm³/mol. The predicted octanol–water partition coefficient (Wildman–Crippen LogP) is 2.47. The van der Waals surface area contributed by atoms with Crippen molar-refractivity contribution >= 4 is 16.6 Å². The van der Waals surface area contributed by atoms with Gasteiger partial charge in [0.15, 0.2) is 5.78 Å². The van der Waals surface area contributed by atoms with Gasteiger partial charge in [-0.2, -0.15) is 0 Å². The molecular weight excluding hydrogens is 226 g/mol. The Morgan fingerprint density at radius 2 is 1.83 bits per heavy atom. The van der Waals surface area contributed by atoms with Crippen LogP contribution in [0.1, 0.15) is 41.2 Å². The minimum Gasteiger partial charge on any atom is -0.311 e. The number of nitrogens with zero attached hydrogens (tertiary/aromatic N) is 1. The molecule has 0 amide bonds. The second kappa shape index (κ2) is 3.31. The third-order valence-electron chi connectivity index (χ3n) is 4.31. The highest BCUT2D eigenvalue weighted by molar-refractivity contribution is 6.09. The molecule has 1 aliphatic heterocycles. The Hall–Kier alpha value is -1.90. The number of hydrogen-bond acceptors (Lipinski definition) is 2. The average Bonchev–Trinajstić information content (AvgIpc) is 2.82. The zero-order valence-corrected chi connectivity index (χ0v) is 9.98. The fraction of sp³-hybridized carbons (Fsp3) is 0.333. The molecule has 1 aromatic carbocycles. The molecule has 0 saturated carbocycles. The van der Waals surface area contributed by atoms with E-state index in [1.165, 1.54) is 0 Å². The fourth-order valence-electron chi connectivity index (χ4n) is 3.49. The molecule has 1 aromatic heterocycles. The van der Waals surface area contributed by atoms with Crippen molar-refractivity contribution in [1.29, 1.82) is 0 Å². The summed E-state index contributed by atoms with van der Waals surface area (Å²) in [4.78, 5) is 24.6. The highest BCUT2D eigenvalue weighted by Crippen LogP contribution is 2.40. The molecule has 1 atom stereocenters. The zero-order chi connectivity index (χ0) is 12.3. The fourth-order valence-corrected chi connectivity index (χ4v) is 3.49. The van der Waals surface area contributed by atoms with E-state index in [1.54, 1.807) is 0 Å². The Kier molecular flexibility index (Phi) is 1.85. The number of aromatic nitrogens is 1. The van der Waals surface area contributed by atoms with Gasteiger partial charge in [-0.15, -0.1) is 0 Å². The lowest BCUT2D eigenvalue weighted by Gasteiger charge is -2.21. The van der Waals surface area contributed by atoms with E-state index in [9.17, 15) is 9.59 Å². The lowest BCUT2D eigenvalue weighted by Crippen LogP contribution is -2.25. The number of rotatable bonds is 0. The van der Waals surface area contributed by atoms with Gasteiger partial charge in [0.05, 0.1) is 0 Å². The summed E-state index contributed by atoms with van der Waals surface area (Å²) in [6.45, 7) is 0.768. The van der Waals surface area contributed by atoms with Crippen molar-refractivity contribution in [3.05, 3.63) is 45.9 Å². The zero-order valence-electron chi connectivity index (χ0n) is 9.98. The van der Waals surface area contributed by atoms with Gasteiger partial charge in [-0.3, -0.25) is 9.59 Å². The van der Waals surface area contributed by atoms with Crippen molar-refractivity contribution in [2.45, 2.75) is 31.7 Å². The Balaban J connectivity index is 2.27. The normalized spacial score (nSPS) is 21.3. The summed E-state index contributed by atoms with van der Waals surface area (Å²) >= 11 is 0. The van der Waals surface area contributed by atoms with Crippen LogP contribution < -0.4 is 5.56 Å². The molecule has 4 rings (SSSR count). The van der Waals surface area contributed by atoms with E-state index in [1.807, 2.05) is 28.8 Å². The maximum atomic E-state index is 12.4. The van der Waals surface area contributed by atoms with E-state index in [4.69, 9.17) is 0 Å². The minimum atomic E-state index is 0.0709. The van der Waals surface area contributed by atoms with Crippen LogP contribution in [0.2, 0.25) is 0 Å². The molecule has 1 aliphatic carbocycles.